The summed E-state index contributed by atoms with van der Waals surface area (Å²) in [7, 11) is 0. The van der Waals surface area contributed by atoms with Crippen LogP contribution in [-0.2, 0) is 0 Å². The van der Waals surface area contributed by atoms with Gasteiger partial charge in [0, 0.05) is 0 Å². The van der Waals surface area contributed by atoms with Crippen molar-refractivity contribution in [2.75, 3.05) is 0 Å². The lowest BCUT2D eigenvalue weighted by Crippen LogP contribution is -2.18. The lowest BCUT2D eigenvalue weighted by atomic mass is 9.74. The van der Waals surface area contributed by atoms with Crippen LogP contribution in [0.15, 0.2) is 30.3 Å². The van der Waals surface area contributed by atoms with Crippen molar-refractivity contribution in [3.63, 3.8) is 0 Å². The molecule has 0 bridgehead atoms. The van der Waals surface area contributed by atoms with E-state index in [4.69, 9.17) is 0 Å². The normalized spacial score (nSPS) is 13.5. The van der Waals surface area contributed by atoms with Crippen LogP contribution in [0.4, 0.5) is 0 Å². The highest BCUT2D eigenvalue weighted by Crippen LogP contribution is 2.38. The zero-order valence-corrected chi connectivity index (χ0v) is 13.4. The molecule has 0 saturated heterocycles. The Labute approximate surface area is 120 Å². The summed E-state index contributed by atoms with van der Waals surface area (Å²) in [6.07, 6.45) is 9.69. The zero-order valence-electron chi connectivity index (χ0n) is 13.4. The molecule has 1 atom stereocenters. The van der Waals surface area contributed by atoms with Crippen molar-refractivity contribution in [3.8, 4) is 0 Å². The van der Waals surface area contributed by atoms with Crippen LogP contribution in [0.2, 0.25) is 0 Å². The SMILES string of the molecule is CCCCCCCCC(c1ccccc1)C(C)(C)C. The Morgan fingerprint density at radius 3 is 2.00 bits per heavy atom. The summed E-state index contributed by atoms with van der Waals surface area (Å²) < 4.78 is 0. The first kappa shape index (κ1) is 16.3. The molecular formula is C19H32. The maximum absolute atomic E-state index is 2.38. The van der Waals surface area contributed by atoms with Gasteiger partial charge in [0.1, 0.15) is 0 Å². The summed E-state index contributed by atoms with van der Waals surface area (Å²) in [6.45, 7) is 9.41. The molecule has 0 aliphatic heterocycles. The summed E-state index contributed by atoms with van der Waals surface area (Å²) in [5.41, 5.74) is 1.88. The van der Waals surface area contributed by atoms with E-state index in [1.807, 2.05) is 0 Å². The number of hydrogen-bond acceptors (Lipinski definition) is 0. The van der Waals surface area contributed by atoms with E-state index in [1.54, 1.807) is 0 Å². The minimum atomic E-state index is 0.366. The Hall–Kier alpha value is -0.780. The quantitative estimate of drug-likeness (QED) is 0.464. The van der Waals surface area contributed by atoms with Gasteiger partial charge in [0.2, 0.25) is 0 Å². The molecule has 0 aliphatic rings. The van der Waals surface area contributed by atoms with E-state index in [0.29, 0.717) is 11.3 Å². The lowest BCUT2D eigenvalue weighted by molar-refractivity contribution is 0.297. The molecule has 0 fully saturated rings. The smallest absolute Gasteiger partial charge is 0.0113 e. The molecule has 0 aromatic heterocycles. The largest absolute Gasteiger partial charge is 0.0654 e. The molecule has 108 valence electrons. The molecule has 0 spiro atoms. The average Bonchev–Trinajstić information content (AvgIpc) is 2.37. The van der Waals surface area contributed by atoms with Crippen LogP contribution in [-0.4, -0.2) is 0 Å². The molecule has 0 nitrogen and oxygen atoms in total. The standard InChI is InChI=1S/C19H32/c1-5-6-7-8-9-13-16-18(19(2,3)4)17-14-11-10-12-15-17/h10-12,14-15,18H,5-9,13,16H2,1-4H3. The van der Waals surface area contributed by atoms with Gasteiger partial charge in [-0.3, -0.25) is 0 Å². The lowest BCUT2D eigenvalue weighted by Gasteiger charge is -2.31. The summed E-state index contributed by atoms with van der Waals surface area (Å²) in [4.78, 5) is 0. The Bertz CT molecular complexity index is 318. The Morgan fingerprint density at radius 1 is 0.842 bits per heavy atom. The first-order chi connectivity index (χ1) is 9.05. The second-order valence-corrected chi connectivity index (χ2v) is 6.89. The van der Waals surface area contributed by atoms with Crippen LogP contribution in [0.3, 0.4) is 0 Å². The van der Waals surface area contributed by atoms with Gasteiger partial charge in [-0.1, -0.05) is 96.6 Å². The maximum atomic E-state index is 2.38. The second-order valence-electron chi connectivity index (χ2n) is 6.89. The predicted molar refractivity (Wildman–Crippen MR) is 86.6 cm³/mol. The topological polar surface area (TPSA) is 0 Å². The number of benzene rings is 1. The molecule has 0 N–H and O–H groups in total. The molecule has 1 aromatic rings. The molecule has 0 saturated carbocycles. The summed E-state index contributed by atoms with van der Waals surface area (Å²) >= 11 is 0. The molecule has 0 heteroatoms. The van der Waals surface area contributed by atoms with Gasteiger partial charge in [0.25, 0.3) is 0 Å². The summed E-state index contributed by atoms with van der Waals surface area (Å²) in [5, 5.41) is 0. The first-order valence-corrected chi connectivity index (χ1v) is 8.10. The number of hydrogen-bond donors (Lipinski definition) is 0. The van der Waals surface area contributed by atoms with Crippen molar-refractivity contribution < 1.29 is 0 Å². The van der Waals surface area contributed by atoms with Crippen molar-refractivity contribution in [1.82, 2.24) is 0 Å². The number of rotatable bonds is 8. The van der Waals surface area contributed by atoms with E-state index >= 15 is 0 Å². The summed E-state index contributed by atoms with van der Waals surface area (Å²) in [6, 6.07) is 11.1. The molecule has 0 heterocycles. The average molecular weight is 260 g/mol. The molecule has 0 amide bonds. The third-order valence-corrected chi connectivity index (χ3v) is 4.09. The van der Waals surface area contributed by atoms with Crippen LogP contribution in [0.5, 0.6) is 0 Å². The predicted octanol–water partition coefficient (Wildman–Crippen LogP) is 6.57. The molecule has 1 rings (SSSR count). The van der Waals surface area contributed by atoms with Gasteiger partial charge in [-0.25, -0.2) is 0 Å². The van der Waals surface area contributed by atoms with E-state index in [0.717, 1.165) is 0 Å². The number of unbranched alkanes of at least 4 members (excludes halogenated alkanes) is 5. The van der Waals surface area contributed by atoms with Crippen molar-refractivity contribution in [2.24, 2.45) is 5.41 Å². The van der Waals surface area contributed by atoms with E-state index in [9.17, 15) is 0 Å². The highest BCUT2D eigenvalue weighted by molar-refractivity contribution is 5.21. The second kappa shape index (κ2) is 8.40. The Morgan fingerprint density at radius 2 is 1.42 bits per heavy atom. The fourth-order valence-corrected chi connectivity index (χ4v) is 2.91. The third kappa shape index (κ3) is 6.27. The molecular weight excluding hydrogens is 228 g/mol. The van der Waals surface area contributed by atoms with E-state index in [-0.39, 0.29) is 0 Å². The van der Waals surface area contributed by atoms with Gasteiger partial charge in [-0.15, -0.1) is 0 Å². The third-order valence-electron chi connectivity index (χ3n) is 4.09. The molecule has 19 heavy (non-hydrogen) atoms. The highest BCUT2D eigenvalue weighted by Gasteiger charge is 2.25. The van der Waals surface area contributed by atoms with Crippen LogP contribution in [0.25, 0.3) is 0 Å². The van der Waals surface area contributed by atoms with Gasteiger partial charge in [0.15, 0.2) is 0 Å². The van der Waals surface area contributed by atoms with Crippen molar-refractivity contribution in [2.45, 2.75) is 78.6 Å². The fourth-order valence-electron chi connectivity index (χ4n) is 2.91. The van der Waals surface area contributed by atoms with E-state index < -0.39 is 0 Å². The zero-order chi connectivity index (χ0) is 14.1. The van der Waals surface area contributed by atoms with Gasteiger partial charge in [0.05, 0.1) is 0 Å². The van der Waals surface area contributed by atoms with Gasteiger partial charge in [-0.2, -0.15) is 0 Å². The van der Waals surface area contributed by atoms with Gasteiger partial charge >= 0.3 is 0 Å². The van der Waals surface area contributed by atoms with Crippen LogP contribution in [0, 0.1) is 5.41 Å². The maximum Gasteiger partial charge on any atom is -0.0113 e. The van der Waals surface area contributed by atoms with Gasteiger partial charge < -0.3 is 0 Å². The van der Waals surface area contributed by atoms with Crippen LogP contribution < -0.4 is 0 Å². The fraction of sp³-hybridized carbons (Fsp3) is 0.684. The minimum Gasteiger partial charge on any atom is -0.0654 e. The minimum absolute atomic E-state index is 0.366. The van der Waals surface area contributed by atoms with Crippen molar-refractivity contribution in [1.29, 1.82) is 0 Å². The molecule has 1 aromatic carbocycles. The molecule has 1 unspecified atom stereocenters. The molecule has 0 radical (unpaired) electrons. The van der Waals surface area contributed by atoms with Crippen LogP contribution >= 0.6 is 0 Å². The van der Waals surface area contributed by atoms with Crippen molar-refractivity contribution >= 4 is 0 Å². The van der Waals surface area contributed by atoms with Crippen molar-refractivity contribution in [3.05, 3.63) is 35.9 Å². The monoisotopic (exact) mass is 260 g/mol. The first-order valence-electron chi connectivity index (χ1n) is 8.10. The Kier molecular flexibility index (Phi) is 7.20. The molecule has 0 aliphatic carbocycles. The summed E-state index contributed by atoms with van der Waals surface area (Å²) in [5.74, 6) is 0.694. The van der Waals surface area contributed by atoms with Crippen LogP contribution in [0.1, 0.15) is 84.1 Å². The Balaban J connectivity index is 2.44. The van der Waals surface area contributed by atoms with E-state index in [2.05, 4.69) is 58.0 Å². The van der Waals surface area contributed by atoms with E-state index in [1.165, 1.54) is 50.5 Å². The van der Waals surface area contributed by atoms with Gasteiger partial charge in [-0.05, 0) is 23.3 Å². The highest BCUT2D eigenvalue weighted by atomic mass is 14.3.